The van der Waals surface area contributed by atoms with Crippen molar-refractivity contribution in [3.63, 3.8) is 0 Å². The standard InChI is InChI=1S/C16H28N2O/c1-12(2)6-7-17-9-13-8-14(11-17)15-4-3-5-16(19)18(15)10-13/h12-15H,3-11H2,1-2H3. The summed E-state index contributed by atoms with van der Waals surface area (Å²) in [5.41, 5.74) is 0. The van der Waals surface area contributed by atoms with Crippen LogP contribution in [-0.4, -0.2) is 47.9 Å². The molecule has 0 aromatic rings. The van der Waals surface area contributed by atoms with E-state index in [2.05, 4.69) is 23.6 Å². The first-order valence-corrected chi connectivity index (χ1v) is 8.15. The summed E-state index contributed by atoms with van der Waals surface area (Å²) in [6.45, 7) is 9.37. The first-order valence-electron chi connectivity index (χ1n) is 8.15. The fraction of sp³-hybridized carbons (Fsp3) is 0.938. The lowest BCUT2D eigenvalue weighted by molar-refractivity contribution is -0.145. The number of rotatable bonds is 3. The summed E-state index contributed by atoms with van der Waals surface area (Å²) in [6, 6.07) is 0.569. The quantitative estimate of drug-likeness (QED) is 0.781. The summed E-state index contributed by atoms with van der Waals surface area (Å²) < 4.78 is 0. The molecular weight excluding hydrogens is 236 g/mol. The van der Waals surface area contributed by atoms with E-state index in [1.807, 2.05) is 0 Å². The number of carbonyl (C=O) groups excluding carboxylic acids is 1. The normalized spacial score (nSPS) is 35.6. The minimum Gasteiger partial charge on any atom is -0.339 e. The maximum atomic E-state index is 12.1. The number of carbonyl (C=O) groups is 1. The van der Waals surface area contributed by atoms with E-state index >= 15 is 0 Å². The minimum atomic E-state index is 0.432. The van der Waals surface area contributed by atoms with Gasteiger partial charge < -0.3 is 9.80 Å². The van der Waals surface area contributed by atoms with Gasteiger partial charge in [0.15, 0.2) is 0 Å². The Morgan fingerprint density at radius 1 is 1.26 bits per heavy atom. The van der Waals surface area contributed by atoms with Crippen LogP contribution in [0.5, 0.6) is 0 Å². The Morgan fingerprint density at radius 3 is 2.89 bits per heavy atom. The highest BCUT2D eigenvalue weighted by molar-refractivity contribution is 5.77. The van der Waals surface area contributed by atoms with E-state index in [0.29, 0.717) is 11.9 Å². The van der Waals surface area contributed by atoms with Crippen molar-refractivity contribution in [2.24, 2.45) is 17.8 Å². The van der Waals surface area contributed by atoms with E-state index in [1.165, 1.54) is 38.9 Å². The van der Waals surface area contributed by atoms with Crippen LogP contribution in [0.4, 0.5) is 0 Å². The van der Waals surface area contributed by atoms with Crippen molar-refractivity contribution >= 4 is 5.91 Å². The molecule has 3 nitrogen and oxygen atoms in total. The molecule has 3 aliphatic rings. The monoisotopic (exact) mass is 264 g/mol. The highest BCUT2D eigenvalue weighted by atomic mass is 16.2. The van der Waals surface area contributed by atoms with Crippen LogP contribution in [-0.2, 0) is 4.79 Å². The molecule has 108 valence electrons. The number of hydrogen-bond acceptors (Lipinski definition) is 2. The lowest BCUT2D eigenvalue weighted by Crippen LogP contribution is -2.60. The van der Waals surface area contributed by atoms with E-state index in [4.69, 9.17) is 0 Å². The Hall–Kier alpha value is -0.570. The molecule has 0 aromatic heterocycles. The van der Waals surface area contributed by atoms with Gasteiger partial charge in [0.1, 0.15) is 0 Å². The fourth-order valence-corrected chi connectivity index (χ4v) is 4.34. The number of hydrogen-bond donors (Lipinski definition) is 0. The molecule has 0 radical (unpaired) electrons. The van der Waals surface area contributed by atoms with E-state index in [0.717, 1.165) is 37.1 Å². The Bertz CT molecular complexity index is 342. The van der Waals surface area contributed by atoms with Crippen molar-refractivity contribution in [2.45, 2.75) is 52.0 Å². The second kappa shape index (κ2) is 5.43. The average Bonchev–Trinajstić information content (AvgIpc) is 2.38. The molecule has 1 amide bonds. The molecule has 3 saturated heterocycles. The van der Waals surface area contributed by atoms with Gasteiger partial charge in [0, 0.05) is 32.1 Å². The first kappa shape index (κ1) is 13.4. The molecule has 3 heteroatoms. The lowest BCUT2D eigenvalue weighted by Gasteiger charge is -2.52. The van der Waals surface area contributed by atoms with Gasteiger partial charge in [-0.25, -0.2) is 0 Å². The van der Waals surface area contributed by atoms with Gasteiger partial charge in [-0.15, -0.1) is 0 Å². The van der Waals surface area contributed by atoms with Gasteiger partial charge in [0.05, 0.1) is 0 Å². The van der Waals surface area contributed by atoms with E-state index in [-0.39, 0.29) is 0 Å². The molecule has 0 spiro atoms. The SMILES string of the molecule is CC(C)CCN1CC2CC(C1)C1CCCC(=O)N1C2. The van der Waals surface area contributed by atoms with Crippen molar-refractivity contribution < 1.29 is 4.79 Å². The zero-order valence-corrected chi connectivity index (χ0v) is 12.5. The molecule has 2 bridgehead atoms. The highest BCUT2D eigenvalue weighted by Crippen LogP contribution is 2.37. The highest BCUT2D eigenvalue weighted by Gasteiger charge is 2.43. The van der Waals surface area contributed by atoms with Crippen LogP contribution in [0.1, 0.15) is 46.0 Å². The van der Waals surface area contributed by atoms with Crippen LogP contribution in [0.25, 0.3) is 0 Å². The molecule has 3 fully saturated rings. The Balaban J connectivity index is 1.63. The van der Waals surface area contributed by atoms with Gasteiger partial charge in [-0.1, -0.05) is 13.8 Å². The predicted octanol–water partition coefficient (Wildman–Crippen LogP) is 2.37. The second-order valence-corrected chi connectivity index (χ2v) is 7.31. The zero-order chi connectivity index (χ0) is 13.4. The van der Waals surface area contributed by atoms with Crippen molar-refractivity contribution in [1.29, 1.82) is 0 Å². The van der Waals surface area contributed by atoms with Gasteiger partial charge in [-0.05, 0) is 50.0 Å². The predicted molar refractivity (Wildman–Crippen MR) is 76.8 cm³/mol. The van der Waals surface area contributed by atoms with Crippen LogP contribution in [0.3, 0.4) is 0 Å². The summed E-state index contributed by atoms with van der Waals surface area (Å²) in [5, 5.41) is 0. The molecular formula is C16H28N2O. The molecule has 3 rings (SSSR count). The third kappa shape index (κ3) is 2.81. The van der Waals surface area contributed by atoms with Crippen LogP contribution in [0.15, 0.2) is 0 Å². The smallest absolute Gasteiger partial charge is 0.222 e. The third-order valence-electron chi connectivity index (χ3n) is 5.28. The zero-order valence-electron chi connectivity index (χ0n) is 12.5. The van der Waals surface area contributed by atoms with Crippen LogP contribution >= 0.6 is 0 Å². The van der Waals surface area contributed by atoms with Crippen LogP contribution in [0, 0.1) is 17.8 Å². The van der Waals surface area contributed by atoms with Crippen molar-refractivity contribution in [3.8, 4) is 0 Å². The van der Waals surface area contributed by atoms with E-state index < -0.39 is 0 Å². The molecule has 0 aromatic carbocycles. The summed E-state index contributed by atoms with van der Waals surface area (Å²) in [6.07, 6.45) is 5.85. The lowest BCUT2D eigenvalue weighted by atomic mass is 9.76. The maximum Gasteiger partial charge on any atom is 0.222 e. The van der Waals surface area contributed by atoms with Crippen molar-refractivity contribution in [1.82, 2.24) is 9.80 Å². The number of amides is 1. The van der Waals surface area contributed by atoms with Gasteiger partial charge >= 0.3 is 0 Å². The van der Waals surface area contributed by atoms with Gasteiger partial charge in [0.25, 0.3) is 0 Å². The summed E-state index contributed by atoms with van der Waals surface area (Å²) in [4.78, 5) is 17.0. The molecule has 3 heterocycles. The molecule has 3 unspecified atom stereocenters. The molecule has 3 atom stereocenters. The van der Waals surface area contributed by atoms with Gasteiger partial charge in [0.2, 0.25) is 5.91 Å². The van der Waals surface area contributed by atoms with Crippen LogP contribution in [0.2, 0.25) is 0 Å². The molecule has 19 heavy (non-hydrogen) atoms. The van der Waals surface area contributed by atoms with E-state index in [1.54, 1.807) is 0 Å². The first-order chi connectivity index (χ1) is 9.13. The van der Waals surface area contributed by atoms with Crippen molar-refractivity contribution in [2.75, 3.05) is 26.2 Å². The minimum absolute atomic E-state index is 0.432. The molecule has 0 saturated carbocycles. The number of nitrogens with zero attached hydrogens (tertiary/aromatic N) is 2. The second-order valence-electron chi connectivity index (χ2n) is 7.31. The topological polar surface area (TPSA) is 23.6 Å². The molecule has 0 aliphatic carbocycles. The molecule has 0 N–H and O–H groups in total. The summed E-state index contributed by atoms with van der Waals surface area (Å²) in [5.74, 6) is 2.73. The van der Waals surface area contributed by atoms with Gasteiger partial charge in [-0.2, -0.15) is 0 Å². The summed E-state index contributed by atoms with van der Waals surface area (Å²) in [7, 11) is 0. The van der Waals surface area contributed by atoms with Gasteiger partial charge in [-0.3, -0.25) is 4.79 Å². The average molecular weight is 264 g/mol. The van der Waals surface area contributed by atoms with E-state index in [9.17, 15) is 4.79 Å². The Kier molecular flexibility index (Phi) is 3.84. The fourth-order valence-electron chi connectivity index (χ4n) is 4.34. The van der Waals surface area contributed by atoms with Crippen molar-refractivity contribution in [3.05, 3.63) is 0 Å². The third-order valence-corrected chi connectivity index (χ3v) is 5.28. The largest absolute Gasteiger partial charge is 0.339 e. The Labute approximate surface area is 117 Å². The maximum absolute atomic E-state index is 12.1. The number of piperidine rings is 3. The van der Waals surface area contributed by atoms with Crippen LogP contribution < -0.4 is 0 Å². The number of fused-ring (bicyclic) bond motifs is 4. The summed E-state index contributed by atoms with van der Waals surface area (Å²) >= 11 is 0. The number of likely N-dealkylation sites (tertiary alicyclic amines) is 1. The molecule has 3 aliphatic heterocycles. The Morgan fingerprint density at radius 2 is 2.11 bits per heavy atom.